The molecule has 144 valence electrons. The first-order valence-corrected chi connectivity index (χ1v) is 8.78. The highest BCUT2D eigenvalue weighted by Gasteiger charge is 2.36. The summed E-state index contributed by atoms with van der Waals surface area (Å²) in [6, 6.07) is 7.26. The molecule has 27 heavy (non-hydrogen) atoms. The maximum atomic E-state index is 12.9. The third kappa shape index (κ3) is 4.86. The summed E-state index contributed by atoms with van der Waals surface area (Å²) >= 11 is 0. The minimum atomic E-state index is -0.500. The van der Waals surface area contributed by atoms with Crippen LogP contribution in [0.1, 0.15) is 19.4 Å². The third-order valence-corrected chi connectivity index (χ3v) is 4.07. The standard InChI is InChI=1S/C21H25NO5/c1-5-12-27-17-9-7-16(8-10-17)14-18-19(21(24)26-6-2)15(3)22(20(18)23)11-13-25-4/h5,7-10,14H,1,6,11-13H2,2-4H3/b18-14-. The second kappa shape index (κ2) is 9.73. The normalized spacial score (nSPS) is 15.4. The highest BCUT2D eigenvalue weighted by atomic mass is 16.5. The number of rotatable bonds is 9. The van der Waals surface area contributed by atoms with Crippen molar-refractivity contribution in [3.63, 3.8) is 0 Å². The summed E-state index contributed by atoms with van der Waals surface area (Å²) in [4.78, 5) is 26.8. The van der Waals surface area contributed by atoms with Crippen LogP contribution in [0.3, 0.4) is 0 Å². The van der Waals surface area contributed by atoms with Crippen molar-refractivity contribution < 1.29 is 23.8 Å². The van der Waals surface area contributed by atoms with Gasteiger partial charge in [0.05, 0.1) is 24.4 Å². The molecule has 6 heteroatoms. The van der Waals surface area contributed by atoms with Crippen LogP contribution in [-0.4, -0.2) is 50.3 Å². The van der Waals surface area contributed by atoms with Gasteiger partial charge in [-0.05, 0) is 37.6 Å². The molecule has 1 aromatic carbocycles. The van der Waals surface area contributed by atoms with Crippen molar-refractivity contribution in [3.8, 4) is 5.75 Å². The molecule has 0 radical (unpaired) electrons. The van der Waals surface area contributed by atoms with E-state index in [1.807, 2.05) is 12.1 Å². The van der Waals surface area contributed by atoms with Crippen molar-refractivity contribution in [2.24, 2.45) is 0 Å². The first-order chi connectivity index (χ1) is 13.0. The lowest BCUT2D eigenvalue weighted by Gasteiger charge is -2.16. The first-order valence-electron chi connectivity index (χ1n) is 8.78. The van der Waals surface area contributed by atoms with Gasteiger partial charge in [0, 0.05) is 19.4 Å². The van der Waals surface area contributed by atoms with E-state index in [4.69, 9.17) is 14.2 Å². The van der Waals surface area contributed by atoms with E-state index in [-0.39, 0.29) is 12.5 Å². The lowest BCUT2D eigenvalue weighted by molar-refractivity contribution is -0.138. The van der Waals surface area contributed by atoms with Gasteiger partial charge in [-0.15, -0.1) is 0 Å². The smallest absolute Gasteiger partial charge is 0.340 e. The number of allylic oxidation sites excluding steroid dienone is 1. The van der Waals surface area contributed by atoms with Crippen molar-refractivity contribution in [1.82, 2.24) is 4.90 Å². The zero-order valence-corrected chi connectivity index (χ0v) is 16.0. The van der Waals surface area contributed by atoms with E-state index < -0.39 is 5.97 Å². The number of benzene rings is 1. The van der Waals surface area contributed by atoms with Gasteiger partial charge in [0.25, 0.3) is 5.91 Å². The molecular weight excluding hydrogens is 346 g/mol. The van der Waals surface area contributed by atoms with Crippen molar-refractivity contribution in [2.75, 3.05) is 33.5 Å². The van der Waals surface area contributed by atoms with Gasteiger partial charge < -0.3 is 19.1 Å². The zero-order valence-electron chi connectivity index (χ0n) is 16.0. The van der Waals surface area contributed by atoms with Crippen molar-refractivity contribution in [2.45, 2.75) is 13.8 Å². The van der Waals surface area contributed by atoms with Gasteiger partial charge >= 0.3 is 5.97 Å². The average Bonchev–Trinajstić information content (AvgIpc) is 2.89. The molecule has 0 saturated carbocycles. The van der Waals surface area contributed by atoms with Gasteiger partial charge in [-0.3, -0.25) is 4.79 Å². The fourth-order valence-electron chi connectivity index (χ4n) is 2.76. The van der Waals surface area contributed by atoms with E-state index in [0.29, 0.717) is 42.4 Å². The molecule has 0 aromatic heterocycles. The molecule has 1 amide bonds. The van der Waals surface area contributed by atoms with Gasteiger partial charge in [0.2, 0.25) is 0 Å². The van der Waals surface area contributed by atoms with Gasteiger partial charge in [0.1, 0.15) is 12.4 Å². The topological polar surface area (TPSA) is 65.1 Å². The Morgan fingerprint density at radius 2 is 1.96 bits per heavy atom. The Balaban J connectivity index is 2.36. The van der Waals surface area contributed by atoms with E-state index in [2.05, 4.69) is 6.58 Å². The average molecular weight is 371 g/mol. The van der Waals surface area contributed by atoms with Crippen molar-refractivity contribution in [1.29, 1.82) is 0 Å². The molecule has 6 nitrogen and oxygen atoms in total. The van der Waals surface area contributed by atoms with Gasteiger partial charge in [0.15, 0.2) is 0 Å². The summed E-state index contributed by atoms with van der Waals surface area (Å²) in [6.45, 7) is 8.50. The number of carbonyl (C=O) groups excluding carboxylic acids is 2. The van der Waals surface area contributed by atoms with E-state index in [9.17, 15) is 9.59 Å². The van der Waals surface area contributed by atoms with Crippen LogP contribution in [0.2, 0.25) is 0 Å². The minimum Gasteiger partial charge on any atom is -0.490 e. The fraction of sp³-hybridized carbons (Fsp3) is 0.333. The summed E-state index contributed by atoms with van der Waals surface area (Å²) in [7, 11) is 1.57. The molecule has 0 bridgehead atoms. The van der Waals surface area contributed by atoms with E-state index in [0.717, 1.165) is 5.56 Å². The number of esters is 1. The Bertz CT molecular complexity index is 761. The van der Waals surface area contributed by atoms with Crippen molar-refractivity contribution >= 4 is 18.0 Å². The summed E-state index contributed by atoms with van der Waals surface area (Å²) in [5, 5.41) is 0. The summed E-state index contributed by atoms with van der Waals surface area (Å²) in [6.07, 6.45) is 3.36. The number of methoxy groups -OCH3 is 1. The number of amides is 1. The molecule has 1 aromatic rings. The molecule has 0 N–H and O–H groups in total. The number of carbonyl (C=O) groups is 2. The largest absolute Gasteiger partial charge is 0.490 e. The quantitative estimate of drug-likeness (QED) is 0.379. The van der Waals surface area contributed by atoms with Gasteiger partial charge in [-0.2, -0.15) is 0 Å². The predicted molar refractivity (Wildman–Crippen MR) is 103 cm³/mol. The molecule has 0 atom stereocenters. The molecule has 0 fully saturated rings. The zero-order chi connectivity index (χ0) is 19.8. The molecule has 0 spiro atoms. The van der Waals surface area contributed by atoms with Crippen LogP contribution in [0.4, 0.5) is 0 Å². The maximum absolute atomic E-state index is 12.9. The lowest BCUT2D eigenvalue weighted by Crippen LogP contribution is -2.28. The maximum Gasteiger partial charge on any atom is 0.340 e. The third-order valence-electron chi connectivity index (χ3n) is 4.07. The van der Waals surface area contributed by atoms with Crippen LogP contribution in [0.15, 0.2) is 53.8 Å². The summed E-state index contributed by atoms with van der Waals surface area (Å²) in [5.74, 6) is -0.0334. The Labute approximate surface area is 159 Å². The summed E-state index contributed by atoms with van der Waals surface area (Å²) < 4.78 is 15.7. The van der Waals surface area contributed by atoms with Crippen LogP contribution in [0, 0.1) is 0 Å². The second-order valence-electron chi connectivity index (χ2n) is 5.86. The number of hydrogen-bond donors (Lipinski definition) is 0. The Morgan fingerprint density at radius 1 is 1.26 bits per heavy atom. The van der Waals surface area contributed by atoms with Crippen LogP contribution in [0.5, 0.6) is 5.75 Å². The van der Waals surface area contributed by atoms with E-state index in [1.165, 1.54) is 0 Å². The molecule has 0 unspecified atom stereocenters. The highest BCUT2D eigenvalue weighted by molar-refractivity contribution is 6.16. The lowest BCUT2D eigenvalue weighted by atomic mass is 10.0. The predicted octanol–water partition coefficient (Wildman–Crippen LogP) is 2.96. The van der Waals surface area contributed by atoms with Crippen LogP contribution >= 0.6 is 0 Å². The number of ether oxygens (including phenoxy) is 3. The Morgan fingerprint density at radius 3 is 2.56 bits per heavy atom. The van der Waals surface area contributed by atoms with E-state index in [1.54, 1.807) is 50.1 Å². The van der Waals surface area contributed by atoms with Gasteiger partial charge in [-0.25, -0.2) is 4.79 Å². The Kier molecular flexibility index (Phi) is 7.37. The van der Waals surface area contributed by atoms with Crippen molar-refractivity contribution in [3.05, 3.63) is 59.3 Å². The Hall–Kier alpha value is -2.86. The monoisotopic (exact) mass is 371 g/mol. The number of nitrogens with zero attached hydrogens (tertiary/aromatic N) is 1. The van der Waals surface area contributed by atoms with Crippen LogP contribution in [0.25, 0.3) is 6.08 Å². The SMILES string of the molecule is C=CCOc1ccc(/C=C2\C(=O)N(CCOC)C(C)=C2C(=O)OCC)cc1. The highest BCUT2D eigenvalue weighted by Crippen LogP contribution is 2.31. The molecular formula is C21H25NO5. The fourth-order valence-corrected chi connectivity index (χ4v) is 2.76. The molecule has 1 aliphatic heterocycles. The molecule has 0 saturated heterocycles. The van der Waals surface area contributed by atoms with Crippen LogP contribution < -0.4 is 4.74 Å². The first kappa shape index (κ1) is 20.5. The molecule has 2 rings (SSSR count). The van der Waals surface area contributed by atoms with Crippen LogP contribution in [-0.2, 0) is 19.1 Å². The minimum absolute atomic E-state index is 0.236. The van der Waals surface area contributed by atoms with E-state index >= 15 is 0 Å². The molecule has 0 aliphatic carbocycles. The molecule has 1 aliphatic rings. The second-order valence-corrected chi connectivity index (χ2v) is 5.86. The van der Waals surface area contributed by atoms with Gasteiger partial charge in [-0.1, -0.05) is 24.8 Å². The molecule has 1 heterocycles. The number of hydrogen-bond acceptors (Lipinski definition) is 5. The summed E-state index contributed by atoms with van der Waals surface area (Å²) in [5.41, 5.74) is 1.98.